The van der Waals surface area contributed by atoms with E-state index in [1.165, 1.54) is 5.56 Å². The fourth-order valence-corrected chi connectivity index (χ4v) is 3.08. The van der Waals surface area contributed by atoms with Gasteiger partial charge in [0.1, 0.15) is 12.2 Å². The Hall–Kier alpha value is -1.24. The second kappa shape index (κ2) is 7.15. The van der Waals surface area contributed by atoms with Crippen molar-refractivity contribution in [3.63, 3.8) is 0 Å². The van der Waals surface area contributed by atoms with Crippen LogP contribution in [0, 0.1) is 0 Å². The van der Waals surface area contributed by atoms with Gasteiger partial charge in [-0.3, -0.25) is 0 Å². The molecule has 0 radical (unpaired) electrons. The summed E-state index contributed by atoms with van der Waals surface area (Å²) < 4.78 is 11.0. The molecular weight excluding hydrogens is 268 g/mol. The summed E-state index contributed by atoms with van der Waals surface area (Å²) in [5, 5.41) is 8.83. The molecule has 0 amide bonds. The van der Waals surface area contributed by atoms with Gasteiger partial charge in [0.25, 0.3) is 0 Å². The summed E-state index contributed by atoms with van der Waals surface area (Å²) >= 11 is 0. The lowest BCUT2D eigenvalue weighted by Gasteiger charge is -2.22. The molecule has 1 fully saturated rings. The number of nitrogens with two attached hydrogens (primary N) is 1. The molecule has 0 saturated carbocycles. The maximum Gasteiger partial charge on any atom is 0.156 e. The molecule has 0 spiro atoms. The topological polar surface area (TPSA) is 73.5 Å². The molecule has 21 heavy (non-hydrogen) atoms. The Morgan fingerprint density at radius 3 is 2.10 bits per heavy atom. The van der Waals surface area contributed by atoms with Gasteiger partial charge in [0, 0.05) is 39.4 Å². The zero-order valence-electron chi connectivity index (χ0n) is 13.4. The lowest BCUT2D eigenvalue weighted by atomic mass is 10.0. The van der Waals surface area contributed by atoms with Crippen molar-refractivity contribution in [3.05, 3.63) is 16.8 Å². The van der Waals surface area contributed by atoms with Crippen molar-refractivity contribution in [3.8, 4) is 0 Å². The van der Waals surface area contributed by atoms with Crippen LogP contribution in [0.1, 0.15) is 30.7 Å². The number of rotatable bonds is 6. The van der Waals surface area contributed by atoms with E-state index in [9.17, 15) is 0 Å². The minimum absolute atomic E-state index is 0.0540. The fourth-order valence-electron chi connectivity index (χ4n) is 3.08. The maximum atomic E-state index is 6.00. The van der Waals surface area contributed by atoms with Crippen molar-refractivity contribution in [1.29, 1.82) is 0 Å². The Labute approximate surface area is 126 Å². The number of methoxy groups -OCH3 is 2. The quantitative estimate of drug-likeness (QED) is 0.840. The van der Waals surface area contributed by atoms with Gasteiger partial charge in [-0.2, -0.15) is 5.10 Å². The number of ether oxygens (including phenoxy) is 2. The summed E-state index contributed by atoms with van der Waals surface area (Å²) in [6.07, 6.45) is 1.91. The van der Waals surface area contributed by atoms with E-state index in [1.807, 2.05) is 0 Å². The van der Waals surface area contributed by atoms with Crippen LogP contribution in [0.2, 0.25) is 0 Å². The van der Waals surface area contributed by atoms with Crippen LogP contribution < -0.4 is 10.6 Å². The van der Waals surface area contributed by atoms with Gasteiger partial charge in [0.2, 0.25) is 0 Å². The van der Waals surface area contributed by atoms with E-state index >= 15 is 0 Å². The molecule has 2 heterocycles. The molecule has 1 saturated heterocycles. The molecule has 1 aliphatic rings. The number of hydrogen-bond acceptors (Lipinski definition) is 6. The third kappa shape index (κ3) is 3.02. The molecule has 1 aromatic heterocycles. The molecule has 0 aromatic carbocycles. The van der Waals surface area contributed by atoms with Crippen molar-refractivity contribution in [2.45, 2.75) is 45.4 Å². The van der Waals surface area contributed by atoms with E-state index < -0.39 is 0 Å². The molecule has 0 aliphatic carbocycles. The van der Waals surface area contributed by atoms with Gasteiger partial charge in [0.15, 0.2) is 5.82 Å². The fraction of sp³-hybridized carbons (Fsp3) is 0.733. The van der Waals surface area contributed by atoms with Crippen LogP contribution >= 0.6 is 0 Å². The van der Waals surface area contributed by atoms with E-state index in [4.69, 9.17) is 15.2 Å². The molecule has 0 bridgehead atoms. The number of nitrogens with zero attached hydrogens (tertiary/aromatic N) is 3. The highest BCUT2D eigenvalue weighted by Crippen LogP contribution is 2.28. The smallest absolute Gasteiger partial charge is 0.156 e. The van der Waals surface area contributed by atoms with Crippen molar-refractivity contribution < 1.29 is 9.47 Å². The first kappa shape index (κ1) is 16.1. The second-order valence-electron chi connectivity index (χ2n) is 5.29. The molecule has 2 unspecified atom stereocenters. The predicted molar refractivity (Wildman–Crippen MR) is 82.5 cm³/mol. The lowest BCUT2D eigenvalue weighted by Crippen LogP contribution is -2.27. The van der Waals surface area contributed by atoms with Crippen molar-refractivity contribution in [1.82, 2.24) is 10.2 Å². The minimum atomic E-state index is 0.0540. The molecule has 2 atom stereocenters. The summed E-state index contributed by atoms with van der Waals surface area (Å²) in [5.41, 5.74) is 9.39. The molecule has 1 aliphatic heterocycles. The summed E-state index contributed by atoms with van der Waals surface area (Å²) in [6, 6.07) is 0. The highest BCUT2D eigenvalue weighted by molar-refractivity contribution is 5.52. The number of anilines is 1. The Balaban J connectivity index is 2.36. The standard InChI is InChI=1S/C15H26N4O2/c1-5-10-11(7-16)15(18-17-12(10)6-2)19-8-13(20-3)14(9-19)21-4/h13-14H,5-9,16H2,1-4H3. The normalized spacial score (nSPS) is 22.0. The average Bonchev–Trinajstić information content (AvgIpc) is 2.96. The van der Waals surface area contributed by atoms with Gasteiger partial charge in [-0.1, -0.05) is 13.8 Å². The number of aromatic nitrogens is 2. The monoisotopic (exact) mass is 294 g/mol. The summed E-state index contributed by atoms with van der Waals surface area (Å²) in [6.45, 7) is 6.23. The SMILES string of the molecule is CCc1nnc(N2CC(OC)C(OC)C2)c(CN)c1CC. The average molecular weight is 294 g/mol. The van der Waals surface area contributed by atoms with Crippen LogP contribution in [0.4, 0.5) is 5.82 Å². The third-order valence-electron chi connectivity index (χ3n) is 4.26. The molecule has 2 rings (SSSR count). The minimum Gasteiger partial charge on any atom is -0.377 e. The zero-order valence-corrected chi connectivity index (χ0v) is 13.4. The molecule has 118 valence electrons. The van der Waals surface area contributed by atoms with E-state index in [-0.39, 0.29) is 12.2 Å². The van der Waals surface area contributed by atoms with Gasteiger partial charge in [-0.25, -0.2) is 0 Å². The lowest BCUT2D eigenvalue weighted by molar-refractivity contribution is -0.00461. The van der Waals surface area contributed by atoms with Gasteiger partial charge in [-0.15, -0.1) is 5.10 Å². The van der Waals surface area contributed by atoms with Gasteiger partial charge >= 0.3 is 0 Å². The number of aryl methyl sites for hydroxylation is 1. The predicted octanol–water partition coefficient (Wildman–Crippen LogP) is 0.910. The molecule has 6 heteroatoms. The second-order valence-corrected chi connectivity index (χ2v) is 5.29. The summed E-state index contributed by atoms with van der Waals surface area (Å²) in [5.74, 6) is 0.883. The molecular formula is C15H26N4O2. The highest BCUT2D eigenvalue weighted by atomic mass is 16.5. The van der Waals surface area contributed by atoms with E-state index in [1.54, 1.807) is 14.2 Å². The van der Waals surface area contributed by atoms with Gasteiger partial charge in [0.05, 0.1) is 5.69 Å². The van der Waals surface area contributed by atoms with Crippen LogP contribution in [0.25, 0.3) is 0 Å². The van der Waals surface area contributed by atoms with Crippen molar-refractivity contribution in [2.75, 3.05) is 32.2 Å². The van der Waals surface area contributed by atoms with Gasteiger partial charge in [-0.05, 0) is 18.4 Å². The van der Waals surface area contributed by atoms with Crippen LogP contribution in [-0.2, 0) is 28.9 Å². The Kier molecular flexibility index (Phi) is 5.50. The van der Waals surface area contributed by atoms with Crippen LogP contribution in [0.15, 0.2) is 0 Å². The van der Waals surface area contributed by atoms with Crippen molar-refractivity contribution in [2.24, 2.45) is 5.73 Å². The highest BCUT2D eigenvalue weighted by Gasteiger charge is 2.35. The van der Waals surface area contributed by atoms with Crippen molar-refractivity contribution >= 4 is 5.82 Å². The summed E-state index contributed by atoms with van der Waals surface area (Å²) in [4.78, 5) is 2.18. The molecule has 6 nitrogen and oxygen atoms in total. The Morgan fingerprint density at radius 1 is 1.05 bits per heavy atom. The van der Waals surface area contributed by atoms with E-state index in [2.05, 4.69) is 28.9 Å². The molecule has 1 aromatic rings. The number of hydrogen-bond donors (Lipinski definition) is 1. The zero-order chi connectivity index (χ0) is 15.4. The van der Waals surface area contributed by atoms with E-state index in [0.717, 1.165) is 43.0 Å². The van der Waals surface area contributed by atoms with E-state index in [0.29, 0.717) is 6.54 Å². The molecule has 2 N–H and O–H groups in total. The maximum absolute atomic E-state index is 6.00. The third-order valence-corrected chi connectivity index (χ3v) is 4.26. The first-order chi connectivity index (χ1) is 10.2. The largest absolute Gasteiger partial charge is 0.377 e. The van der Waals surface area contributed by atoms with Crippen LogP contribution in [0.5, 0.6) is 0 Å². The van der Waals surface area contributed by atoms with Gasteiger partial charge < -0.3 is 20.1 Å². The Bertz CT molecular complexity index is 469. The van der Waals surface area contributed by atoms with Crippen LogP contribution in [0.3, 0.4) is 0 Å². The first-order valence-electron chi connectivity index (χ1n) is 7.57. The van der Waals surface area contributed by atoms with Crippen LogP contribution in [-0.4, -0.2) is 49.7 Å². The Morgan fingerprint density at radius 2 is 1.67 bits per heavy atom. The first-order valence-corrected chi connectivity index (χ1v) is 7.57. The summed E-state index contributed by atoms with van der Waals surface area (Å²) in [7, 11) is 3.43.